The number of ether oxygens (including phenoxy) is 1. The van der Waals surface area contributed by atoms with Gasteiger partial charge in [0.05, 0.1) is 12.7 Å². The fourth-order valence-corrected chi connectivity index (χ4v) is 4.07. The van der Waals surface area contributed by atoms with Gasteiger partial charge in [-0.05, 0) is 18.6 Å². The lowest BCUT2D eigenvalue weighted by molar-refractivity contribution is 0.0887. The van der Waals surface area contributed by atoms with Gasteiger partial charge >= 0.3 is 0 Å². The molecule has 0 radical (unpaired) electrons. The van der Waals surface area contributed by atoms with E-state index in [9.17, 15) is 0 Å². The Kier molecular flexibility index (Phi) is 3.16. The summed E-state index contributed by atoms with van der Waals surface area (Å²) in [4.78, 5) is 11.1. The quantitative estimate of drug-likeness (QED) is 0.866. The highest BCUT2D eigenvalue weighted by atomic mass is 32.1. The van der Waals surface area contributed by atoms with E-state index in [0.29, 0.717) is 18.1 Å². The van der Waals surface area contributed by atoms with Gasteiger partial charge in [-0.15, -0.1) is 11.3 Å². The summed E-state index contributed by atoms with van der Waals surface area (Å²) in [5, 5.41) is 3.28. The van der Waals surface area contributed by atoms with Gasteiger partial charge in [-0.3, -0.25) is 9.88 Å². The number of piperidine rings is 1. The summed E-state index contributed by atoms with van der Waals surface area (Å²) in [6.07, 6.45) is 8.23. The molecule has 2 aromatic heterocycles. The smallest absolute Gasteiger partial charge is 0.138 e. The highest BCUT2D eigenvalue weighted by molar-refractivity contribution is 7.09. The number of likely N-dealkylation sites (tertiary alicyclic amines) is 1. The number of thiazole rings is 1. The van der Waals surface area contributed by atoms with Crippen LogP contribution < -0.4 is 4.74 Å². The van der Waals surface area contributed by atoms with Crippen LogP contribution >= 0.6 is 11.3 Å². The van der Waals surface area contributed by atoms with Crippen molar-refractivity contribution in [2.24, 2.45) is 5.92 Å². The Morgan fingerprint density at radius 1 is 1.35 bits per heavy atom. The molecule has 20 heavy (non-hydrogen) atoms. The van der Waals surface area contributed by atoms with Gasteiger partial charge in [0.2, 0.25) is 0 Å². The first-order valence-electron chi connectivity index (χ1n) is 7.07. The van der Waals surface area contributed by atoms with Gasteiger partial charge in [-0.25, -0.2) is 4.98 Å². The van der Waals surface area contributed by atoms with Crippen molar-refractivity contribution in [3.63, 3.8) is 0 Å². The molecule has 2 aliphatic rings. The van der Waals surface area contributed by atoms with Gasteiger partial charge in [-0.1, -0.05) is 0 Å². The summed E-state index contributed by atoms with van der Waals surface area (Å²) in [6, 6.07) is 4.58. The first-order valence-corrected chi connectivity index (χ1v) is 7.95. The maximum atomic E-state index is 6.09. The predicted octanol–water partition coefficient (Wildman–Crippen LogP) is 2.58. The van der Waals surface area contributed by atoms with Gasteiger partial charge < -0.3 is 4.74 Å². The van der Waals surface area contributed by atoms with Crippen molar-refractivity contribution in [2.75, 3.05) is 6.54 Å². The van der Waals surface area contributed by atoms with Crippen LogP contribution in [0.1, 0.15) is 17.8 Å². The third-order valence-corrected chi connectivity index (χ3v) is 5.10. The molecule has 4 nitrogen and oxygen atoms in total. The molecule has 5 heteroatoms. The Balaban J connectivity index is 1.38. The number of rotatable bonds is 4. The molecule has 104 valence electrons. The summed E-state index contributed by atoms with van der Waals surface area (Å²) in [7, 11) is 0. The number of hydrogen-bond donors (Lipinski definition) is 0. The van der Waals surface area contributed by atoms with Gasteiger partial charge in [0, 0.05) is 42.7 Å². The summed E-state index contributed by atoms with van der Waals surface area (Å²) < 4.78 is 6.09. The van der Waals surface area contributed by atoms with E-state index in [-0.39, 0.29) is 0 Å². The van der Waals surface area contributed by atoms with Crippen molar-refractivity contribution in [2.45, 2.75) is 31.5 Å². The maximum absolute atomic E-state index is 6.09. The summed E-state index contributed by atoms with van der Waals surface area (Å²) in [5.41, 5.74) is 0. The number of aromatic nitrogens is 2. The van der Waals surface area contributed by atoms with Crippen LogP contribution in [0.5, 0.6) is 5.75 Å². The summed E-state index contributed by atoms with van der Waals surface area (Å²) >= 11 is 1.75. The molecular formula is C15H17N3OS. The van der Waals surface area contributed by atoms with Crippen molar-refractivity contribution in [3.05, 3.63) is 41.1 Å². The lowest BCUT2D eigenvalue weighted by Crippen LogP contribution is -2.39. The summed E-state index contributed by atoms with van der Waals surface area (Å²) in [5.74, 6) is 1.55. The van der Waals surface area contributed by atoms with E-state index in [1.165, 1.54) is 11.4 Å². The Hall–Kier alpha value is -1.46. The molecule has 1 saturated carbocycles. The Bertz CT molecular complexity index is 560. The molecule has 2 fully saturated rings. The fraction of sp³-hybridized carbons (Fsp3) is 0.467. The zero-order valence-corrected chi connectivity index (χ0v) is 12.0. The standard InChI is InChI=1S/C15H17N3OS/c1-2-13(8-16-3-1)19-14-7-12-6-11(14)9-18(12)10-15-17-4-5-20-15/h1-5,8,11-12,14H,6-7,9-10H2/t11?,12?,14-/m0/s1. The number of nitrogens with zero attached hydrogens (tertiary/aromatic N) is 3. The lowest BCUT2D eigenvalue weighted by atomic mass is 10.1. The van der Waals surface area contributed by atoms with Crippen LogP contribution in [0, 0.1) is 5.92 Å². The van der Waals surface area contributed by atoms with Crippen molar-refractivity contribution < 1.29 is 4.74 Å². The molecule has 0 N–H and O–H groups in total. The zero-order valence-electron chi connectivity index (χ0n) is 11.2. The molecule has 1 saturated heterocycles. The van der Waals surface area contributed by atoms with Gasteiger partial charge in [0.1, 0.15) is 16.9 Å². The van der Waals surface area contributed by atoms with Crippen LogP contribution in [0.3, 0.4) is 0 Å². The minimum Gasteiger partial charge on any atom is -0.488 e. The minimum atomic E-state index is 0.358. The second-order valence-electron chi connectivity index (χ2n) is 5.59. The van der Waals surface area contributed by atoms with Crippen LogP contribution in [0.15, 0.2) is 36.1 Å². The van der Waals surface area contributed by atoms with Gasteiger partial charge in [-0.2, -0.15) is 0 Å². The third kappa shape index (κ3) is 2.31. The predicted molar refractivity (Wildman–Crippen MR) is 77.7 cm³/mol. The van der Waals surface area contributed by atoms with Crippen molar-refractivity contribution >= 4 is 11.3 Å². The number of pyridine rings is 1. The van der Waals surface area contributed by atoms with Crippen LogP contribution in [0.2, 0.25) is 0 Å². The average molecular weight is 287 g/mol. The number of hydrogen-bond acceptors (Lipinski definition) is 5. The lowest BCUT2D eigenvalue weighted by Gasteiger charge is -2.31. The SMILES string of the molecule is c1cncc(O[C@H]2CC3CC2CN3Cc2nccs2)c1. The molecule has 2 bridgehead atoms. The fourth-order valence-electron chi connectivity index (χ4n) is 3.43. The largest absolute Gasteiger partial charge is 0.488 e. The van der Waals surface area contributed by atoms with E-state index in [1.54, 1.807) is 23.7 Å². The van der Waals surface area contributed by atoms with Crippen LogP contribution in [0.25, 0.3) is 0 Å². The van der Waals surface area contributed by atoms with E-state index in [2.05, 4.69) is 20.2 Å². The minimum absolute atomic E-state index is 0.358. The monoisotopic (exact) mass is 287 g/mol. The van der Waals surface area contributed by atoms with Gasteiger partial charge in [0.25, 0.3) is 0 Å². The van der Waals surface area contributed by atoms with Crippen LogP contribution in [0.4, 0.5) is 0 Å². The van der Waals surface area contributed by atoms with E-state index >= 15 is 0 Å². The molecule has 0 amide bonds. The van der Waals surface area contributed by atoms with E-state index in [0.717, 1.165) is 25.3 Å². The molecule has 0 aromatic carbocycles. The summed E-state index contributed by atoms with van der Waals surface area (Å²) in [6.45, 7) is 2.13. The maximum Gasteiger partial charge on any atom is 0.138 e. The molecule has 2 unspecified atom stereocenters. The van der Waals surface area contributed by atoms with Crippen molar-refractivity contribution in [1.29, 1.82) is 0 Å². The Labute approximate surface area is 122 Å². The number of fused-ring (bicyclic) bond motifs is 2. The zero-order chi connectivity index (χ0) is 13.4. The molecule has 4 rings (SSSR count). The van der Waals surface area contributed by atoms with E-state index < -0.39 is 0 Å². The topological polar surface area (TPSA) is 38.2 Å². The third-order valence-electron chi connectivity index (χ3n) is 4.33. The molecule has 3 heterocycles. The van der Waals surface area contributed by atoms with E-state index in [4.69, 9.17) is 4.74 Å². The molecule has 3 atom stereocenters. The first kappa shape index (κ1) is 12.3. The normalized spacial score (nSPS) is 28.9. The van der Waals surface area contributed by atoms with Gasteiger partial charge in [0.15, 0.2) is 0 Å². The van der Waals surface area contributed by atoms with Crippen LogP contribution in [-0.4, -0.2) is 33.6 Å². The van der Waals surface area contributed by atoms with E-state index in [1.807, 2.05) is 18.3 Å². The van der Waals surface area contributed by atoms with Crippen LogP contribution in [-0.2, 0) is 6.54 Å². The molecule has 1 aliphatic carbocycles. The van der Waals surface area contributed by atoms with Crippen molar-refractivity contribution in [1.82, 2.24) is 14.9 Å². The average Bonchev–Trinajstić information content (AvgIpc) is 3.17. The first-order chi connectivity index (χ1) is 9.88. The second-order valence-corrected chi connectivity index (χ2v) is 6.56. The Morgan fingerprint density at radius 2 is 2.35 bits per heavy atom. The molecule has 1 aliphatic heterocycles. The Morgan fingerprint density at radius 3 is 3.05 bits per heavy atom. The molecule has 0 spiro atoms. The molecule has 2 aromatic rings. The highest BCUT2D eigenvalue weighted by Gasteiger charge is 2.45. The molecular weight excluding hydrogens is 270 g/mol. The second kappa shape index (κ2) is 5.14. The highest BCUT2D eigenvalue weighted by Crippen LogP contribution is 2.40. The van der Waals surface area contributed by atoms with Crippen molar-refractivity contribution in [3.8, 4) is 5.75 Å².